The molecule has 2 aliphatic rings. The van der Waals surface area contributed by atoms with Crippen LogP contribution in [-0.4, -0.2) is 35.0 Å². The highest BCUT2D eigenvalue weighted by atomic mass is 16.3. The van der Waals surface area contributed by atoms with Crippen molar-refractivity contribution in [3.05, 3.63) is 29.8 Å². The fourth-order valence-corrected chi connectivity index (χ4v) is 3.46. The van der Waals surface area contributed by atoms with Crippen LogP contribution in [0.4, 0.5) is 0 Å². The minimum absolute atomic E-state index is 0.0267. The van der Waals surface area contributed by atoms with Gasteiger partial charge < -0.3 is 15.7 Å². The molecule has 3 rings (SSSR count). The van der Waals surface area contributed by atoms with Crippen LogP contribution in [0, 0.1) is 11.8 Å². The van der Waals surface area contributed by atoms with E-state index < -0.39 is 0 Å². The molecule has 1 aromatic carbocycles. The van der Waals surface area contributed by atoms with E-state index in [4.69, 9.17) is 5.73 Å². The monoisotopic (exact) mass is 260 g/mol. The fraction of sp³-hybridized carbons (Fsp3) is 0.533. The number of amides is 1. The van der Waals surface area contributed by atoms with Crippen molar-refractivity contribution in [2.75, 3.05) is 13.1 Å². The molecule has 3 atom stereocenters. The van der Waals surface area contributed by atoms with Crippen LogP contribution in [0.1, 0.15) is 29.6 Å². The Morgan fingerprint density at radius 2 is 2.05 bits per heavy atom. The summed E-state index contributed by atoms with van der Waals surface area (Å²) in [4.78, 5) is 14.3. The van der Waals surface area contributed by atoms with E-state index >= 15 is 0 Å². The van der Waals surface area contributed by atoms with Crippen LogP contribution in [0.5, 0.6) is 5.75 Å². The quantitative estimate of drug-likeness (QED) is 0.806. The lowest BCUT2D eigenvalue weighted by atomic mass is 9.79. The van der Waals surface area contributed by atoms with Gasteiger partial charge in [0.1, 0.15) is 5.75 Å². The van der Waals surface area contributed by atoms with Crippen LogP contribution in [0.15, 0.2) is 24.3 Å². The topological polar surface area (TPSA) is 66.6 Å². The van der Waals surface area contributed by atoms with E-state index in [-0.39, 0.29) is 11.7 Å². The van der Waals surface area contributed by atoms with Crippen LogP contribution in [0.3, 0.4) is 0 Å². The summed E-state index contributed by atoms with van der Waals surface area (Å²) in [5, 5.41) is 9.46. The number of rotatable bonds is 1. The van der Waals surface area contributed by atoms with Gasteiger partial charge in [0.25, 0.3) is 5.91 Å². The van der Waals surface area contributed by atoms with Crippen molar-refractivity contribution in [2.24, 2.45) is 17.6 Å². The summed E-state index contributed by atoms with van der Waals surface area (Å²) in [5.74, 6) is 1.34. The van der Waals surface area contributed by atoms with E-state index in [0.717, 1.165) is 32.4 Å². The van der Waals surface area contributed by atoms with Gasteiger partial charge in [-0.25, -0.2) is 0 Å². The maximum Gasteiger partial charge on any atom is 0.254 e. The SMILES string of the molecule is NC1CC[C@@H]2CN(C(=O)c3cccc(O)c3)C[C@@H]2C1. The predicted molar refractivity (Wildman–Crippen MR) is 72.8 cm³/mol. The Hall–Kier alpha value is -1.55. The molecule has 4 nitrogen and oxygen atoms in total. The Balaban J connectivity index is 1.72. The molecule has 0 bridgehead atoms. The van der Waals surface area contributed by atoms with Crippen molar-refractivity contribution in [1.29, 1.82) is 0 Å². The van der Waals surface area contributed by atoms with Gasteiger partial charge in [-0.3, -0.25) is 4.79 Å². The second-order valence-corrected chi connectivity index (χ2v) is 5.85. The number of hydrogen-bond donors (Lipinski definition) is 2. The number of hydrogen-bond acceptors (Lipinski definition) is 3. The van der Waals surface area contributed by atoms with E-state index in [0.29, 0.717) is 23.4 Å². The largest absolute Gasteiger partial charge is 0.508 e. The van der Waals surface area contributed by atoms with Crippen molar-refractivity contribution in [3.63, 3.8) is 0 Å². The molecule has 2 fully saturated rings. The average molecular weight is 260 g/mol. The summed E-state index contributed by atoms with van der Waals surface area (Å²) in [6.07, 6.45) is 3.25. The molecule has 4 heteroatoms. The van der Waals surface area contributed by atoms with Crippen molar-refractivity contribution >= 4 is 5.91 Å². The third kappa shape index (κ3) is 2.45. The number of fused-ring (bicyclic) bond motifs is 1. The van der Waals surface area contributed by atoms with Gasteiger partial charge in [0, 0.05) is 24.7 Å². The van der Waals surface area contributed by atoms with Crippen molar-refractivity contribution in [1.82, 2.24) is 4.90 Å². The highest BCUT2D eigenvalue weighted by Crippen LogP contribution is 2.36. The van der Waals surface area contributed by atoms with Crippen molar-refractivity contribution < 1.29 is 9.90 Å². The Kier molecular flexibility index (Phi) is 3.19. The second-order valence-electron chi connectivity index (χ2n) is 5.85. The van der Waals surface area contributed by atoms with Crippen LogP contribution >= 0.6 is 0 Å². The lowest BCUT2D eigenvalue weighted by Crippen LogP contribution is -2.32. The number of likely N-dealkylation sites (tertiary alicyclic amines) is 1. The lowest BCUT2D eigenvalue weighted by molar-refractivity contribution is 0.0783. The van der Waals surface area contributed by atoms with E-state index in [2.05, 4.69) is 0 Å². The van der Waals surface area contributed by atoms with Crippen LogP contribution in [0.2, 0.25) is 0 Å². The second kappa shape index (κ2) is 4.85. The number of nitrogens with two attached hydrogens (primary N) is 1. The standard InChI is InChI=1S/C15H20N2O2/c16-13-5-4-11-8-17(9-12(11)6-13)15(19)10-2-1-3-14(18)7-10/h1-3,7,11-13,18H,4-6,8-9,16H2/t11-,12+,13?/m1/s1. The molecule has 1 aromatic rings. The highest BCUT2D eigenvalue weighted by Gasteiger charge is 2.38. The first-order valence-electron chi connectivity index (χ1n) is 6.97. The van der Waals surface area contributed by atoms with Gasteiger partial charge in [-0.05, 0) is 49.3 Å². The molecule has 3 N–H and O–H groups in total. The van der Waals surface area contributed by atoms with Crippen LogP contribution < -0.4 is 5.73 Å². The third-order valence-electron chi connectivity index (χ3n) is 4.47. The van der Waals surface area contributed by atoms with Gasteiger partial charge in [0.05, 0.1) is 0 Å². The molecule has 1 unspecified atom stereocenters. The molecule has 1 amide bonds. The van der Waals surface area contributed by atoms with E-state index in [9.17, 15) is 9.90 Å². The summed E-state index contributed by atoms with van der Waals surface area (Å²) in [7, 11) is 0. The zero-order valence-corrected chi connectivity index (χ0v) is 11.0. The molecule has 1 heterocycles. The number of benzene rings is 1. The molecule has 1 aliphatic heterocycles. The predicted octanol–water partition coefficient (Wildman–Crippen LogP) is 1.59. The molecule has 0 aromatic heterocycles. The fourth-order valence-electron chi connectivity index (χ4n) is 3.46. The molecular weight excluding hydrogens is 240 g/mol. The third-order valence-corrected chi connectivity index (χ3v) is 4.47. The van der Waals surface area contributed by atoms with E-state index in [1.807, 2.05) is 4.90 Å². The maximum atomic E-state index is 12.4. The van der Waals surface area contributed by atoms with Gasteiger partial charge in [0.2, 0.25) is 0 Å². The van der Waals surface area contributed by atoms with Crippen LogP contribution in [-0.2, 0) is 0 Å². The summed E-state index contributed by atoms with van der Waals surface area (Å²) in [5.41, 5.74) is 6.58. The first-order valence-corrected chi connectivity index (χ1v) is 6.97. The highest BCUT2D eigenvalue weighted by molar-refractivity contribution is 5.94. The molecule has 102 valence electrons. The molecule has 1 saturated heterocycles. The number of carbonyl (C=O) groups excluding carboxylic acids is 1. The molecule has 1 saturated carbocycles. The van der Waals surface area contributed by atoms with E-state index in [1.54, 1.807) is 18.2 Å². The van der Waals surface area contributed by atoms with Gasteiger partial charge in [-0.2, -0.15) is 0 Å². The summed E-state index contributed by atoms with van der Waals surface area (Å²) >= 11 is 0. The molecule has 1 aliphatic carbocycles. The molecule has 0 spiro atoms. The average Bonchev–Trinajstić information content (AvgIpc) is 2.80. The van der Waals surface area contributed by atoms with Crippen LogP contribution in [0.25, 0.3) is 0 Å². The summed E-state index contributed by atoms with van der Waals surface area (Å²) in [6.45, 7) is 1.65. The Bertz CT molecular complexity index is 489. The normalized spacial score (nSPS) is 30.2. The molecule has 19 heavy (non-hydrogen) atoms. The number of aromatic hydroxyl groups is 1. The van der Waals surface area contributed by atoms with Crippen molar-refractivity contribution in [2.45, 2.75) is 25.3 Å². The minimum Gasteiger partial charge on any atom is -0.508 e. The minimum atomic E-state index is 0.0267. The number of nitrogens with zero attached hydrogens (tertiary/aromatic N) is 1. The Labute approximate surface area is 113 Å². The van der Waals surface area contributed by atoms with Gasteiger partial charge >= 0.3 is 0 Å². The van der Waals surface area contributed by atoms with Crippen molar-refractivity contribution in [3.8, 4) is 5.75 Å². The number of phenols is 1. The Morgan fingerprint density at radius 3 is 2.84 bits per heavy atom. The Morgan fingerprint density at radius 1 is 1.26 bits per heavy atom. The number of phenolic OH excluding ortho intramolecular Hbond substituents is 1. The molecule has 0 radical (unpaired) electrons. The smallest absolute Gasteiger partial charge is 0.254 e. The van der Waals surface area contributed by atoms with Gasteiger partial charge in [-0.15, -0.1) is 0 Å². The number of carbonyl (C=O) groups is 1. The maximum absolute atomic E-state index is 12.4. The van der Waals surface area contributed by atoms with Gasteiger partial charge in [0.15, 0.2) is 0 Å². The zero-order valence-electron chi connectivity index (χ0n) is 11.0. The first-order chi connectivity index (χ1) is 9.13. The van der Waals surface area contributed by atoms with E-state index in [1.165, 1.54) is 6.07 Å². The zero-order chi connectivity index (χ0) is 13.4. The molecular formula is C15H20N2O2. The summed E-state index contributed by atoms with van der Waals surface area (Å²) < 4.78 is 0. The van der Waals surface area contributed by atoms with Gasteiger partial charge in [-0.1, -0.05) is 6.07 Å². The summed E-state index contributed by atoms with van der Waals surface area (Å²) in [6, 6.07) is 6.89. The lowest BCUT2D eigenvalue weighted by Gasteiger charge is -2.27. The first kappa shape index (κ1) is 12.5.